The first-order valence-corrected chi connectivity index (χ1v) is 1.82. The van der Waals surface area contributed by atoms with Crippen molar-refractivity contribution in [2.45, 2.75) is 13.8 Å². The number of carboxylic acid groups (broad SMARTS) is 2. The molecule has 0 amide bonds. The summed E-state index contributed by atoms with van der Waals surface area (Å²) in [5.41, 5.74) is 0. The molecule has 0 aliphatic carbocycles. The van der Waals surface area contributed by atoms with Crippen molar-refractivity contribution >= 4 is 11.9 Å². The van der Waals surface area contributed by atoms with Crippen LogP contribution in [0.4, 0.5) is 0 Å². The second-order valence-corrected chi connectivity index (χ2v) is 0.983. The maximum Gasteiger partial charge on any atom is 2.00 e. The summed E-state index contributed by atoms with van der Waals surface area (Å²) in [6, 6.07) is 0. The van der Waals surface area contributed by atoms with Crippen molar-refractivity contribution in [1.29, 1.82) is 0 Å². The fraction of sp³-hybridized carbons (Fsp3) is 0.500. The maximum absolute atomic E-state index is 8.89. The summed E-state index contributed by atoms with van der Waals surface area (Å²) in [6.07, 6.45) is 0. The van der Waals surface area contributed by atoms with E-state index in [0.717, 1.165) is 13.8 Å². The third kappa shape index (κ3) is 80000. The molecule has 7 heteroatoms. The summed E-state index contributed by atoms with van der Waals surface area (Å²) >= 11 is 0. The molecule has 0 rings (SSSR count). The number of carboxylic acids is 2. The van der Waals surface area contributed by atoms with Crippen LogP contribution < -0.4 is 10.2 Å². The molecule has 0 spiro atoms. The van der Waals surface area contributed by atoms with Crippen molar-refractivity contribution in [3.8, 4) is 0 Å². The van der Waals surface area contributed by atoms with E-state index in [1.54, 1.807) is 0 Å². The third-order valence-electron chi connectivity index (χ3n) is 0. The summed E-state index contributed by atoms with van der Waals surface area (Å²) < 4.78 is 0. The molecule has 0 saturated carbocycles. The normalized spacial score (nSPS) is 4.55. The summed E-state index contributed by atoms with van der Waals surface area (Å²) in [4.78, 5) is 17.8. The smallest absolute Gasteiger partial charge is 0.550 e. The second kappa shape index (κ2) is 22.5. The van der Waals surface area contributed by atoms with Gasteiger partial charge in [0.2, 0.25) is 0 Å². The molecular formula is C4H10O6U. The monoisotopic (exact) mass is 392 g/mol. The second-order valence-electron chi connectivity index (χ2n) is 0.983. The molecule has 0 aromatic heterocycles. The predicted molar refractivity (Wildman–Crippen MR) is 28.6 cm³/mol. The van der Waals surface area contributed by atoms with Crippen molar-refractivity contribution in [3.63, 3.8) is 0 Å². The largest absolute Gasteiger partial charge is 2.00 e. The van der Waals surface area contributed by atoms with E-state index in [1.165, 1.54) is 0 Å². The molecule has 0 aliphatic rings. The van der Waals surface area contributed by atoms with Crippen LogP contribution in [0.15, 0.2) is 0 Å². The SMILES string of the molecule is CC(=O)[O-].CC(=O)[O-].O.O.[U+2]. The Morgan fingerprint density at radius 2 is 0.909 bits per heavy atom. The van der Waals surface area contributed by atoms with Gasteiger partial charge in [0, 0.05) is 11.9 Å². The fourth-order valence-electron chi connectivity index (χ4n) is 0. The van der Waals surface area contributed by atoms with Crippen LogP contribution in [0.5, 0.6) is 0 Å². The number of hydrogen-bond acceptors (Lipinski definition) is 4. The van der Waals surface area contributed by atoms with E-state index < -0.39 is 11.9 Å². The standard InChI is InChI=1S/2C2H4O2.2H2O.U/c2*1-2(3)4;;;/h2*1H3,(H,3,4);2*1H2;/q;;;;+2/p-2. The van der Waals surface area contributed by atoms with Crippen molar-refractivity contribution in [3.05, 3.63) is 0 Å². The van der Waals surface area contributed by atoms with Crippen LogP contribution in [0.3, 0.4) is 0 Å². The number of carbonyl (C=O) groups is 2. The average Bonchev–Trinajstić information content (AvgIpc) is 1.25. The molecule has 0 bridgehead atoms. The Labute approximate surface area is 87.6 Å². The van der Waals surface area contributed by atoms with Gasteiger partial charge in [-0.25, -0.2) is 0 Å². The predicted octanol–water partition coefficient (Wildman–Crippen LogP) is -4.14. The molecule has 0 fully saturated rings. The molecule has 0 aromatic carbocycles. The minimum absolute atomic E-state index is 0. The first-order valence-electron chi connectivity index (χ1n) is 1.82. The number of carbonyl (C=O) groups excluding carboxylic acids is 2. The van der Waals surface area contributed by atoms with E-state index in [1.807, 2.05) is 0 Å². The summed E-state index contributed by atoms with van der Waals surface area (Å²) in [6.45, 7) is 1.94. The fourth-order valence-corrected chi connectivity index (χ4v) is 0. The van der Waals surface area contributed by atoms with E-state index in [9.17, 15) is 0 Å². The summed E-state index contributed by atoms with van der Waals surface area (Å²) in [7, 11) is 0. The molecule has 0 saturated heterocycles. The zero-order chi connectivity index (χ0) is 7.15. The molecule has 6 nitrogen and oxygen atoms in total. The van der Waals surface area contributed by atoms with Gasteiger partial charge in [-0.15, -0.1) is 0 Å². The van der Waals surface area contributed by atoms with Gasteiger partial charge in [0.1, 0.15) is 0 Å². The minimum Gasteiger partial charge on any atom is -0.550 e. The van der Waals surface area contributed by atoms with E-state index >= 15 is 0 Å². The van der Waals surface area contributed by atoms with Gasteiger partial charge in [-0.1, -0.05) is 0 Å². The van der Waals surface area contributed by atoms with Gasteiger partial charge in [0.15, 0.2) is 0 Å². The van der Waals surface area contributed by atoms with Gasteiger partial charge >= 0.3 is 31.1 Å². The van der Waals surface area contributed by atoms with Gasteiger partial charge in [-0.2, -0.15) is 0 Å². The van der Waals surface area contributed by atoms with Crippen molar-refractivity contribution in [2.75, 3.05) is 0 Å². The molecule has 0 aliphatic heterocycles. The summed E-state index contributed by atoms with van der Waals surface area (Å²) in [5.74, 6) is -2.17. The molecule has 0 heterocycles. The first-order chi connectivity index (χ1) is 3.46. The Morgan fingerprint density at radius 3 is 0.909 bits per heavy atom. The van der Waals surface area contributed by atoms with Crippen LogP contribution in [0.1, 0.15) is 13.8 Å². The van der Waals surface area contributed by atoms with Gasteiger partial charge in [0.05, 0.1) is 0 Å². The zero-order valence-corrected chi connectivity index (χ0v) is 10.3. The Hall–Kier alpha value is -0.0881. The van der Waals surface area contributed by atoms with Crippen LogP contribution >= 0.6 is 0 Å². The van der Waals surface area contributed by atoms with Crippen LogP contribution in [0.25, 0.3) is 0 Å². The Bertz CT molecular complexity index is 72.6. The molecule has 0 atom stereocenters. The van der Waals surface area contributed by atoms with Crippen LogP contribution in [-0.4, -0.2) is 22.9 Å². The minimum atomic E-state index is -1.08. The van der Waals surface area contributed by atoms with Crippen molar-refractivity contribution < 1.29 is 61.9 Å². The van der Waals surface area contributed by atoms with E-state index in [4.69, 9.17) is 19.8 Å². The average molecular weight is 392 g/mol. The Kier molecular flexibility index (Phi) is 62.8. The maximum atomic E-state index is 8.89. The number of rotatable bonds is 0. The zero-order valence-electron chi connectivity index (χ0n) is 6.13. The molecular weight excluding hydrogens is 382 g/mol. The van der Waals surface area contributed by atoms with Gasteiger partial charge in [-0.05, 0) is 13.8 Å². The van der Waals surface area contributed by atoms with E-state index in [0.29, 0.717) is 0 Å². The number of aliphatic carboxylic acids is 2. The molecule has 11 heavy (non-hydrogen) atoms. The quantitative estimate of drug-likeness (QED) is 0.412. The molecule has 0 aromatic rings. The molecule has 66 valence electrons. The molecule has 0 radical (unpaired) electrons. The topological polar surface area (TPSA) is 143 Å². The third-order valence-corrected chi connectivity index (χ3v) is 0. The van der Waals surface area contributed by atoms with Gasteiger partial charge in [-0.3, -0.25) is 0 Å². The van der Waals surface area contributed by atoms with Crippen molar-refractivity contribution in [1.82, 2.24) is 0 Å². The van der Waals surface area contributed by atoms with Crippen LogP contribution in [-0.2, 0) is 9.59 Å². The molecule has 4 N–H and O–H groups in total. The van der Waals surface area contributed by atoms with E-state index in [2.05, 4.69) is 0 Å². The Morgan fingerprint density at radius 1 is 0.909 bits per heavy atom. The van der Waals surface area contributed by atoms with Crippen LogP contribution in [0, 0.1) is 31.1 Å². The first kappa shape index (κ1) is 30.7. The Balaban J connectivity index is -0.0000000171. The van der Waals surface area contributed by atoms with Gasteiger partial charge in [0.25, 0.3) is 0 Å². The van der Waals surface area contributed by atoms with Crippen LogP contribution in [0.2, 0.25) is 0 Å². The number of hydrogen-bond donors (Lipinski definition) is 0. The summed E-state index contributed by atoms with van der Waals surface area (Å²) in [5, 5.41) is 17.8. The van der Waals surface area contributed by atoms with E-state index in [-0.39, 0.29) is 42.1 Å². The molecule has 0 unspecified atom stereocenters. The van der Waals surface area contributed by atoms with Gasteiger partial charge < -0.3 is 30.8 Å². The van der Waals surface area contributed by atoms with Crippen molar-refractivity contribution in [2.24, 2.45) is 0 Å².